The van der Waals surface area contributed by atoms with Gasteiger partial charge in [0.25, 0.3) is 0 Å². The molecule has 0 aliphatic carbocycles. The minimum Gasteiger partial charge on any atom is -0.362 e. The molecule has 2 aliphatic rings. The number of hydrogen-bond donors (Lipinski definition) is 0. The van der Waals surface area contributed by atoms with Crippen molar-refractivity contribution < 1.29 is 4.79 Å². The van der Waals surface area contributed by atoms with Crippen LogP contribution >= 0.6 is 11.8 Å². The van der Waals surface area contributed by atoms with Crippen molar-refractivity contribution in [2.45, 2.75) is 13.3 Å². The Kier molecular flexibility index (Phi) is 3.24. The molecule has 1 fully saturated rings. The van der Waals surface area contributed by atoms with E-state index in [0.717, 1.165) is 25.4 Å². The molecule has 84 valence electrons. The van der Waals surface area contributed by atoms with E-state index in [-0.39, 0.29) is 5.92 Å². The average molecular weight is 226 g/mol. The van der Waals surface area contributed by atoms with Crippen molar-refractivity contribution in [1.82, 2.24) is 9.80 Å². The van der Waals surface area contributed by atoms with E-state index in [2.05, 4.69) is 36.2 Å². The van der Waals surface area contributed by atoms with Gasteiger partial charge in [-0.1, -0.05) is 18.7 Å². The van der Waals surface area contributed by atoms with Gasteiger partial charge in [-0.15, -0.1) is 0 Å². The molecule has 0 saturated carbocycles. The zero-order valence-electron chi connectivity index (χ0n) is 9.35. The van der Waals surface area contributed by atoms with Crippen LogP contribution < -0.4 is 0 Å². The molecule has 0 aromatic heterocycles. The highest BCUT2D eigenvalue weighted by atomic mass is 32.2. The number of carbonyl (C=O) groups is 1. The number of thioether (sulfide) groups is 1. The number of rotatable bonds is 3. The predicted molar refractivity (Wildman–Crippen MR) is 63.2 cm³/mol. The lowest BCUT2D eigenvalue weighted by Gasteiger charge is -2.24. The lowest BCUT2D eigenvalue weighted by atomic mass is 9.93. The monoisotopic (exact) mass is 226 g/mol. The summed E-state index contributed by atoms with van der Waals surface area (Å²) in [6, 6.07) is 0. The molecule has 2 aliphatic heterocycles. The van der Waals surface area contributed by atoms with E-state index in [4.69, 9.17) is 0 Å². The smallest absolute Gasteiger partial charge is 0.192 e. The third-order valence-corrected chi connectivity index (χ3v) is 4.34. The Hall–Kier alpha value is -0.640. The molecule has 3 nitrogen and oxygen atoms in total. The molecule has 0 amide bonds. The zero-order chi connectivity index (χ0) is 10.8. The van der Waals surface area contributed by atoms with E-state index < -0.39 is 0 Å². The van der Waals surface area contributed by atoms with Crippen molar-refractivity contribution >= 4 is 16.9 Å². The number of hydrogen-bond acceptors (Lipinski definition) is 4. The lowest BCUT2D eigenvalue weighted by molar-refractivity contribution is -0.115. The van der Waals surface area contributed by atoms with Gasteiger partial charge in [-0.05, 0) is 12.3 Å². The third-order valence-electron chi connectivity index (χ3n) is 3.16. The van der Waals surface area contributed by atoms with Crippen LogP contribution in [0.3, 0.4) is 0 Å². The molecule has 2 atom stereocenters. The van der Waals surface area contributed by atoms with Crippen LogP contribution in [-0.4, -0.2) is 40.9 Å². The second kappa shape index (κ2) is 4.47. The van der Waals surface area contributed by atoms with E-state index in [1.54, 1.807) is 0 Å². The molecule has 0 aromatic carbocycles. The van der Waals surface area contributed by atoms with E-state index >= 15 is 0 Å². The van der Waals surface area contributed by atoms with Gasteiger partial charge >= 0.3 is 0 Å². The molecule has 4 heteroatoms. The Morgan fingerprint density at radius 1 is 1.53 bits per heavy atom. The second-order valence-corrected chi connectivity index (χ2v) is 5.40. The first-order chi connectivity index (χ1) is 7.20. The minimum absolute atomic E-state index is 0.286. The molecule has 0 unspecified atom stereocenters. The summed E-state index contributed by atoms with van der Waals surface area (Å²) in [5.74, 6) is 1.84. The summed E-state index contributed by atoms with van der Waals surface area (Å²) in [5, 5.41) is 0.402. The molecule has 2 rings (SSSR count). The van der Waals surface area contributed by atoms with Gasteiger partial charge < -0.3 is 9.80 Å². The summed E-state index contributed by atoms with van der Waals surface area (Å²) < 4.78 is 0. The Morgan fingerprint density at radius 2 is 2.33 bits per heavy atom. The molecule has 0 radical (unpaired) electrons. The van der Waals surface area contributed by atoms with Crippen molar-refractivity contribution in [3.63, 3.8) is 0 Å². The average Bonchev–Trinajstić information content (AvgIpc) is 2.75. The summed E-state index contributed by atoms with van der Waals surface area (Å²) in [6.45, 7) is 4.11. The first kappa shape index (κ1) is 10.9. The van der Waals surface area contributed by atoms with Gasteiger partial charge in [0, 0.05) is 37.7 Å². The Bertz CT molecular complexity index is 280. The van der Waals surface area contributed by atoms with Crippen LogP contribution in [0, 0.1) is 11.8 Å². The van der Waals surface area contributed by atoms with Gasteiger partial charge in [0.1, 0.15) is 0 Å². The van der Waals surface area contributed by atoms with Crippen molar-refractivity contribution in [3.8, 4) is 0 Å². The fourth-order valence-corrected chi connectivity index (χ4v) is 3.58. The molecule has 0 N–H and O–H groups in total. The third kappa shape index (κ3) is 2.30. The molecule has 0 bridgehead atoms. The summed E-state index contributed by atoms with van der Waals surface area (Å²) in [4.78, 5) is 16.0. The summed E-state index contributed by atoms with van der Waals surface area (Å²) in [5.41, 5.74) is 0. The van der Waals surface area contributed by atoms with Crippen LogP contribution in [0.25, 0.3) is 0 Å². The van der Waals surface area contributed by atoms with Gasteiger partial charge in [-0.3, -0.25) is 4.79 Å². The van der Waals surface area contributed by atoms with Crippen LogP contribution in [0.2, 0.25) is 0 Å². The predicted octanol–water partition coefficient (Wildman–Crippen LogP) is 1.58. The largest absolute Gasteiger partial charge is 0.362 e. The van der Waals surface area contributed by atoms with E-state index in [1.165, 1.54) is 11.8 Å². The molecule has 0 aromatic rings. The maximum Gasteiger partial charge on any atom is 0.192 e. The van der Waals surface area contributed by atoms with Gasteiger partial charge in [-0.25, -0.2) is 0 Å². The summed E-state index contributed by atoms with van der Waals surface area (Å²) in [6.07, 6.45) is 5.20. The van der Waals surface area contributed by atoms with Crippen LogP contribution in [0.5, 0.6) is 0 Å². The van der Waals surface area contributed by atoms with Crippen molar-refractivity contribution in [1.29, 1.82) is 0 Å². The van der Waals surface area contributed by atoms with Crippen LogP contribution in [0.1, 0.15) is 13.3 Å². The highest BCUT2D eigenvalue weighted by molar-refractivity contribution is 8.14. The molecule has 2 heterocycles. The van der Waals surface area contributed by atoms with Crippen molar-refractivity contribution in [3.05, 3.63) is 12.4 Å². The summed E-state index contributed by atoms with van der Waals surface area (Å²) >= 11 is 1.52. The Morgan fingerprint density at radius 3 is 2.93 bits per heavy atom. The van der Waals surface area contributed by atoms with Gasteiger partial charge in [0.15, 0.2) is 5.12 Å². The lowest BCUT2D eigenvalue weighted by Crippen LogP contribution is -2.31. The van der Waals surface area contributed by atoms with Gasteiger partial charge in [-0.2, -0.15) is 0 Å². The highest BCUT2D eigenvalue weighted by Gasteiger charge is 2.35. The van der Waals surface area contributed by atoms with E-state index in [0.29, 0.717) is 11.0 Å². The van der Waals surface area contributed by atoms with E-state index in [1.807, 2.05) is 0 Å². The number of nitrogens with zero attached hydrogens (tertiary/aromatic N) is 2. The first-order valence-electron chi connectivity index (χ1n) is 5.50. The van der Waals surface area contributed by atoms with Gasteiger partial charge in [0.2, 0.25) is 0 Å². The maximum absolute atomic E-state index is 11.6. The fourth-order valence-electron chi connectivity index (χ4n) is 2.29. The van der Waals surface area contributed by atoms with Crippen LogP contribution in [0.15, 0.2) is 12.4 Å². The van der Waals surface area contributed by atoms with Gasteiger partial charge in [0.05, 0.1) is 6.67 Å². The van der Waals surface area contributed by atoms with E-state index in [9.17, 15) is 4.79 Å². The fraction of sp³-hybridized carbons (Fsp3) is 0.727. The van der Waals surface area contributed by atoms with Crippen molar-refractivity contribution in [2.75, 3.05) is 26.0 Å². The normalized spacial score (nSPS) is 30.7. The molecular weight excluding hydrogens is 208 g/mol. The minimum atomic E-state index is 0.286. The molecule has 0 spiro atoms. The van der Waals surface area contributed by atoms with Crippen LogP contribution in [0.4, 0.5) is 0 Å². The molecule has 15 heavy (non-hydrogen) atoms. The first-order valence-corrected chi connectivity index (χ1v) is 6.48. The highest BCUT2D eigenvalue weighted by Crippen LogP contribution is 2.34. The number of carbonyl (C=O) groups excluding carboxylic acids is 1. The summed E-state index contributed by atoms with van der Waals surface area (Å²) in [7, 11) is 2.07. The second-order valence-electron chi connectivity index (χ2n) is 4.37. The van der Waals surface area contributed by atoms with Crippen molar-refractivity contribution in [2.24, 2.45) is 11.8 Å². The SMILES string of the molecule is CC[C@@H]1C(=O)SC[C@@H]1CN1C=CN(C)C1. The quantitative estimate of drug-likeness (QED) is 0.729. The Balaban J connectivity index is 1.89. The maximum atomic E-state index is 11.6. The topological polar surface area (TPSA) is 23.6 Å². The zero-order valence-corrected chi connectivity index (χ0v) is 10.2. The molecular formula is C11H18N2OS. The standard InChI is InChI=1S/C11H18N2OS/c1-3-10-9(7-15-11(10)14)6-13-5-4-12(2)8-13/h4-5,9-10H,3,6-8H2,1-2H3/t9-,10-/m0/s1. The Labute approximate surface area is 95.5 Å². The van der Waals surface area contributed by atoms with Crippen LogP contribution in [-0.2, 0) is 4.79 Å². The molecule has 1 saturated heterocycles.